The number of alkyl halides is 2. The fraction of sp³-hybridized carbons (Fsp3) is 0.286. The molecule has 0 aliphatic heterocycles. The number of nitrogens with zero attached hydrogens (tertiary/aromatic N) is 5. The summed E-state index contributed by atoms with van der Waals surface area (Å²) >= 11 is 0. The number of hydrogen-bond acceptors (Lipinski definition) is 6. The van der Waals surface area contributed by atoms with Gasteiger partial charge in [0, 0.05) is 25.4 Å². The molecule has 3 rings (SSSR count). The van der Waals surface area contributed by atoms with Crippen LogP contribution in [0.2, 0.25) is 0 Å². The Morgan fingerprint density at radius 2 is 2.17 bits per heavy atom. The first-order chi connectivity index (χ1) is 11.1. The second kappa shape index (κ2) is 6.51. The Labute approximate surface area is 130 Å². The number of aryl methyl sites for hydroxylation is 1. The van der Waals surface area contributed by atoms with Crippen LogP contribution in [0.5, 0.6) is 5.88 Å². The van der Waals surface area contributed by atoms with Crippen molar-refractivity contribution in [3.05, 3.63) is 36.4 Å². The number of fused-ring (bicyclic) bond motifs is 1. The zero-order chi connectivity index (χ0) is 16.2. The summed E-state index contributed by atoms with van der Waals surface area (Å²) in [7, 11) is 1.79. The van der Waals surface area contributed by atoms with E-state index < -0.39 is 13.0 Å². The third-order valence-corrected chi connectivity index (χ3v) is 3.17. The Hall–Kier alpha value is -2.84. The molecule has 3 aromatic heterocycles. The van der Waals surface area contributed by atoms with Crippen molar-refractivity contribution in [3.63, 3.8) is 0 Å². The van der Waals surface area contributed by atoms with Gasteiger partial charge in [0.1, 0.15) is 12.1 Å². The summed E-state index contributed by atoms with van der Waals surface area (Å²) in [6, 6.07) is 3.47. The molecule has 0 aliphatic rings. The van der Waals surface area contributed by atoms with Gasteiger partial charge in [-0.2, -0.15) is 5.10 Å². The van der Waals surface area contributed by atoms with Crippen LogP contribution in [-0.4, -0.2) is 37.8 Å². The molecule has 0 atom stereocenters. The van der Waals surface area contributed by atoms with Crippen LogP contribution >= 0.6 is 0 Å². The molecule has 0 unspecified atom stereocenters. The van der Waals surface area contributed by atoms with Crippen molar-refractivity contribution in [2.24, 2.45) is 7.05 Å². The zero-order valence-electron chi connectivity index (χ0n) is 12.3. The highest BCUT2D eigenvalue weighted by atomic mass is 19.3. The molecule has 0 spiro atoms. The molecule has 0 bridgehead atoms. The van der Waals surface area contributed by atoms with Gasteiger partial charge in [0.25, 0.3) is 6.43 Å². The predicted octanol–water partition coefficient (Wildman–Crippen LogP) is 2.01. The van der Waals surface area contributed by atoms with Gasteiger partial charge in [-0.25, -0.2) is 23.7 Å². The Kier molecular flexibility index (Phi) is 4.26. The van der Waals surface area contributed by atoms with Gasteiger partial charge in [0.05, 0.1) is 11.6 Å². The zero-order valence-corrected chi connectivity index (χ0v) is 12.3. The fourth-order valence-corrected chi connectivity index (χ4v) is 2.11. The lowest BCUT2D eigenvalue weighted by atomic mass is 10.2. The quantitative estimate of drug-likeness (QED) is 0.748. The number of rotatable bonds is 6. The summed E-state index contributed by atoms with van der Waals surface area (Å²) < 4.78 is 31.2. The van der Waals surface area contributed by atoms with E-state index in [9.17, 15) is 8.78 Å². The summed E-state index contributed by atoms with van der Waals surface area (Å²) in [6.07, 6.45) is 2.04. The Bertz CT molecular complexity index is 807. The molecule has 3 aromatic rings. The molecule has 0 radical (unpaired) electrons. The van der Waals surface area contributed by atoms with Crippen molar-refractivity contribution in [1.82, 2.24) is 24.7 Å². The van der Waals surface area contributed by atoms with Crippen molar-refractivity contribution in [3.8, 4) is 5.88 Å². The number of halogens is 2. The SMILES string of the molecule is Cn1ncc2c(NCc3cccnc3OCC(F)F)ncnc21. The molecule has 0 fully saturated rings. The third-order valence-electron chi connectivity index (χ3n) is 3.17. The van der Waals surface area contributed by atoms with E-state index in [1.165, 1.54) is 12.5 Å². The maximum atomic E-state index is 12.3. The minimum atomic E-state index is -2.55. The van der Waals surface area contributed by atoms with Crippen LogP contribution in [-0.2, 0) is 13.6 Å². The number of ether oxygens (including phenoxy) is 1. The normalized spacial score (nSPS) is 11.1. The molecule has 0 aromatic carbocycles. The largest absolute Gasteiger partial charge is 0.471 e. The lowest BCUT2D eigenvalue weighted by Gasteiger charge is -2.11. The van der Waals surface area contributed by atoms with Gasteiger partial charge in [-0.1, -0.05) is 6.07 Å². The van der Waals surface area contributed by atoms with Crippen LogP contribution in [0, 0.1) is 0 Å². The number of aromatic nitrogens is 5. The summed E-state index contributed by atoms with van der Waals surface area (Å²) in [6.45, 7) is -0.363. The molecule has 0 saturated carbocycles. The molecule has 9 heteroatoms. The minimum Gasteiger partial charge on any atom is -0.471 e. The highest BCUT2D eigenvalue weighted by Crippen LogP contribution is 2.21. The Morgan fingerprint density at radius 3 is 3.00 bits per heavy atom. The van der Waals surface area contributed by atoms with E-state index in [0.29, 0.717) is 23.6 Å². The lowest BCUT2D eigenvalue weighted by Crippen LogP contribution is -2.11. The molecule has 1 N–H and O–H groups in total. The first kappa shape index (κ1) is 15.1. The van der Waals surface area contributed by atoms with E-state index in [1.54, 1.807) is 30.1 Å². The Morgan fingerprint density at radius 1 is 1.30 bits per heavy atom. The second-order valence-corrected chi connectivity index (χ2v) is 4.75. The van der Waals surface area contributed by atoms with Gasteiger partial charge < -0.3 is 10.1 Å². The van der Waals surface area contributed by atoms with Crippen molar-refractivity contribution in [2.75, 3.05) is 11.9 Å². The number of anilines is 1. The van der Waals surface area contributed by atoms with E-state index in [0.717, 1.165) is 5.39 Å². The maximum absolute atomic E-state index is 12.3. The first-order valence-corrected chi connectivity index (χ1v) is 6.86. The van der Waals surface area contributed by atoms with Crippen molar-refractivity contribution < 1.29 is 13.5 Å². The number of nitrogens with one attached hydrogen (secondary N) is 1. The van der Waals surface area contributed by atoms with Gasteiger partial charge in [0.2, 0.25) is 5.88 Å². The molecule has 23 heavy (non-hydrogen) atoms. The van der Waals surface area contributed by atoms with E-state index in [1.807, 2.05) is 0 Å². The molecule has 0 saturated heterocycles. The van der Waals surface area contributed by atoms with E-state index in [-0.39, 0.29) is 5.88 Å². The second-order valence-electron chi connectivity index (χ2n) is 4.75. The topological polar surface area (TPSA) is 77.8 Å². The summed E-state index contributed by atoms with van der Waals surface area (Å²) in [5, 5.41) is 8.04. The van der Waals surface area contributed by atoms with Crippen molar-refractivity contribution in [1.29, 1.82) is 0 Å². The number of pyridine rings is 1. The highest BCUT2D eigenvalue weighted by molar-refractivity contribution is 5.85. The van der Waals surface area contributed by atoms with Crippen molar-refractivity contribution >= 4 is 16.9 Å². The third kappa shape index (κ3) is 3.33. The van der Waals surface area contributed by atoms with E-state index in [4.69, 9.17) is 4.74 Å². The number of hydrogen-bond donors (Lipinski definition) is 1. The fourth-order valence-electron chi connectivity index (χ4n) is 2.11. The summed E-state index contributed by atoms with van der Waals surface area (Å²) in [5.74, 6) is 0.781. The molecule has 120 valence electrons. The van der Waals surface area contributed by atoms with Crippen LogP contribution in [0.1, 0.15) is 5.56 Å². The minimum absolute atomic E-state index is 0.178. The average molecular weight is 320 g/mol. The summed E-state index contributed by atoms with van der Waals surface area (Å²) in [4.78, 5) is 12.3. The molecule has 7 nitrogen and oxygen atoms in total. The van der Waals surface area contributed by atoms with Gasteiger partial charge in [-0.05, 0) is 6.07 Å². The van der Waals surface area contributed by atoms with Crippen LogP contribution in [0.25, 0.3) is 11.0 Å². The molecule has 3 heterocycles. The standard InChI is InChI=1S/C14H14F2N6O/c1-22-13-10(6-21-22)12(19-8-20-13)18-5-9-3-2-4-17-14(9)23-7-11(15)16/h2-4,6,8,11H,5,7H2,1H3,(H,18,19,20). The van der Waals surface area contributed by atoms with Crippen LogP contribution in [0.4, 0.5) is 14.6 Å². The van der Waals surface area contributed by atoms with Gasteiger partial charge >= 0.3 is 0 Å². The van der Waals surface area contributed by atoms with Gasteiger partial charge in [-0.3, -0.25) is 4.68 Å². The lowest BCUT2D eigenvalue weighted by molar-refractivity contribution is 0.0791. The maximum Gasteiger partial charge on any atom is 0.272 e. The molecular formula is C14H14F2N6O. The molecule has 0 aliphatic carbocycles. The monoisotopic (exact) mass is 320 g/mol. The van der Waals surface area contributed by atoms with Gasteiger partial charge in [-0.15, -0.1) is 0 Å². The smallest absolute Gasteiger partial charge is 0.272 e. The molecular weight excluding hydrogens is 306 g/mol. The molecule has 0 amide bonds. The van der Waals surface area contributed by atoms with Crippen molar-refractivity contribution in [2.45, 2.75) is 13.0 Å². The Balaban J connectivity index is 1.77. The van der Waals surface area contributed by atoms with Crippen LogP contribution in [0.3, 0.4) is 0 Å². The van der Waals surface area contributed by atoms with Crippen LogP contribution in [0.15, 0.2) is 30.9 Å². The van der Waals surface area contributed by atoms with E-state index in [2.05, 4.69) is 25.4 Å². The summed E-state index contributed by atoms with van der Waals surface area (Å²) in [5.41, 5.74) is 1.35. The first-order valence-electron chi connectivity index (χ1n) is 6.86. The van der Waals surface area contributed by atoms with Crippen LogP contribution < -0.4 is 10.1 Å². The van der Waals surface area contributed by atoms with Gasteiger partial charge in [0.15, 0.2) is 12.3 Å². The highest BCUT2D eigenvalue weighted by Gasteiger charge is 2.11. The average Bonchev–Trinajstić information content (AvgIpc) is 2.94. The predicted molar refractivity (Wildman–Crippen MR) is 79.4 cm³/mol. The van der Waals surface area contributed by atoms with E-state index >= 15 is 0 Å².